The number of carbonyl (C=O) groups is 3. The van der Waals surface area contributed by atoms with Crippen molar-refractivity contribution >= 4 is 17.9 Å². The van der Waals surface area contributed by atoms with Crippen molar-refractivity contribution < 1.29 is 28.6 Å². The number of rotatable bonds is 46. The van der Waals surface area contributed by atoms with E-state index >= 15 is 0 Å². The van der Waals surface area contributed by atoms with E-state index in [1.165, 1.54) is 180 Å². The number of esters is 3. The smallest absolute Gasteiger partial charge is 0.306 e. The number of unbranched alkanes of at least 4 members (excludes halogenated alkanes) is 32. The first-order chi connectivity index (χ1) is 27.9. The highest BCUT2D eigenvalue weighted by Crippen LogP contribution is 2.17. The van der Waals surface area contributed by atoms with Crippen LogP contribution in [0, 0.1) is 5.92 Å². The van der Waals surface area contributed by atoms with Gasteiger partial charge < -0.3 is 14.2 Å². The average molecular weight is 807 g/mol. The topological polar surface area (TPSA) is 78.9 Å². The summed E-state index contributed by atoms with van der Waals surface area (Å²) in [5.41, 5.74) is 0. The summed E-state index contributed by atoms with van der Waals surface area (Å²) in [5, 5.41) is 0. The van der Waals surface area contributed by atoms with Crippen molar-refractivity contribution in [2.45, 2.75) is 291 Å². The molecule has 0 N–H and O–H groups in total. The SMILES string of the molecule is CCCCCCCCCCCCCCCCCCC(=O)OC[C@H](COC(=O)CCCCCCCCCCC(C)CC)OC(=O)CCCCCCCCCCCCC. The van der Waals surface area contributed by atoms with Gasteiger partial charge in [0.1, 0.15) is 13.2 Å². The molecule has 0 saturated carbocycles. The maximum absolute atomic E-state index is 12.7. The number of hydrogen-bond donors (Lipinski definition) is 0. The molecule has 0 aliphatic carbocycles. The molecular weight excluding hydrogens is 709 g/mol. The van der Waals surface area contributed by atoms with Crippen LogP contribution in [-0.4, -0.2) is 37.2 Å². The molecule has 0 aliphatic rings. The van der Waals surface area contributed by atoms with Crippen LogP contribution in [0.25, 0.3) is 0 Å². The first-order valence-electron chi connectivity index (χ1n) is 25.4. The van der Waals surface area contributed by atoms with Crippen LogP contribution in [0.4, 0.5) is 0 Å². The summed E-state index contributed by atoms with van der Waals surface area (Å²) in [4.78, 5) is 37.9. The van der Waals surface area contributed by atoms with E-state index in [0.29, 0.717) is 19.3 Å². The minimum Gasteiger partial charge on any atom is -0.462 e. The fraction of sp³-hybridized carbons (Fsp3) is 0.941. The lowest BCUT2D eigenvalue weighted by molar-refractivity contribution is -0.167. The van der Waals surface area contributed by atoms with Crippen LogP contribution < -0.4 is 0 Å². The third kappa shape index (κ3) is 43.8. The molecule has 0 radical (unpaired) electrons. The zero-order valence-electron chi connectivity index (χ0n) is 38.8. The van der Waals surface area contributed by atoms with Gasteiger partial charge in [-0.05, 0) is 25.2 Å². The Morgan fingerprint density at radius 2 is 0.614 bits per heavy atom. The van der Waals surface area contributed by atoms with Gasteiger partial charge in [0.15, 0.2) is 6.10 Å². The summed E-state index contributed by atoms with van der Waals surface area (Å²) in [7, 11) is 0. The van der Waals surface area contributed by atoms with Gasteiger partial charge in [-0.1, -0.05) is 246 Å². The molecule has 0 fully saturated rings. The molecule has 0 saturated heterocycles. The van der Waals surface area contributed by atoms with Crippen molar-refractivity contribution in [3.8, 4) is 0 Å². The minimum absolute atomic E-state index is 0.0632. The molecule has 0 aromatic rings. The Labute approximate surface area is 355 Å². The third-order valence-corrected chi connectivity index (χ3v) is 11.9. The van der Waals surface area contributed by atoms with Crippen LogP contribution in [0.2, 0.25) is 0 Å². The van der Waals surface area contributed by atoms with Gasteiger partial charge in [-0.3, -0.25) is 14.4 Å². The molecule has 2 atom stereocenters. The highest BCUT2D eigenvalue weighted by molar-refractivity contribution is 5.71. The van der Waals surface area contributed by atoms with E-state index in [2.05, 4.69) is 27.7 Å². The zero-order chi connectivity index (χ0) is 41.7. The summed E-state index contributed by atoms with van der Waals surface area (Å²) >= 11 is 0. The Morgan fingerprint density at radius 1 is 0.351 bits per heavy atom. The molecular formula is C51H98O6. The van der Waals surface area contributed by atoms with Crippen LogP contribution >= 0.6 is 0 Å². The molecule has 6 nitrogen and oxygen atoms in total. The Morgan fingerprint density at radius 3 is 0.912 bits per heavy atom. The number of ether oxygens (including phenoxy) is 3. The van der Waals surface area contributed by atoms with Crippen LogP contribution in [-0.2, 0) is 28.6 Å². The van der Waals surface area contributed by atoms with Crippen molar-refractivity contribution in [3.05, 3.63) is 0 Å². The second-order valence-electron chi connectivity index (χ2n) is 17.7. The first kappa shape index (κ1) is 55.4. The number of carbonyl (C=O) groups excluding carboxylic acids is 3. The quantitative estimate of drug-likeness (QED) is 0.0346. The maximum Gasteiger partial charge on any atom is 0.306 e. The number of hydrogen-bond acceptors (Lipinski definition) is 6. The molecule has 1 unspecified atom stereocenters. The van der Waals surface area contributed by atoms with Gasteiger partial charge in [-0.25, -0.2) is 0 Å². The van der Waals surface area contributed by atoms with Crippen LogP contribution in [0.5, 0.6) is 0 Å². The normalized spacial score (nSPS) is 12.4. The average Bonchev–Trinajstić information content (AvgIpc) is 3.21. The van der Waals surface area contributed by atoms with Gasteiger partial charge in [0.05, 0.1) is 0 Å². The summed E-state index contributed by atoms with van der Waals surface area (Å²) in [6.45, 7) is 9.02. The van der Waals surface area contributed by atoms with Crippen molar-refractivity contribution in [1.29, 1.82) is 0 Å². The molecule has 338 valence electrons. The van der Waals surface area contributed by atoms with E-state index in [9.17, 15) is 14.4 Å². The molecule has 0 aromatic heterocycles. The van der Waals surface area contributed by atoms with Gasteiger partial charge in [0, 0.05) is 19.3 Å². The Kier molecular flexibility index (Phi) is 44.2. The van der Waals surface area contributed by atoms with Gasteiger partial charge >= 0.3 is 17.9 Å². The lowest BCUT2D eigenvalue weighted by Crippen LogP contribution is -2.30. The van der Waals surface area contributed by atoms with Gasteiger partial charge in [0.25, 0.3) is 0 Å². The minimum atomic E-state index is -0.760. The largest absolute Gasteiger partial charge is 0.462 e. The summed E-state index contributed by atoms with van der Waals surface area (Å²) < 4.78 is 16.8. The van der Waals surface area contributed by atoms with Gasteiger partial charge in [-0.2, -0.15) is 0 Å². The van der Waals surface area contributed by atoms with E-state index in [1.54, 1.807) is 0 Å². The zero-order valence-corrected chi connectivity index (χ0v) is 38.8. The Balaban J connectivity index is 4.29. The molecule has 0 bridgehead atoms. The molecule has 0 aliphatic heterocycles. The lowest BCUT2D eigenvalue weighted by atomic mass is 9.99. The second kappa shape index (κ2) is 45.5. The molecule has 0 spiro atoms. The molecule has 0 rings (SSSR count). The molecule has 0 aromatic carbocycles. The summed E-state index contributed by atoms with van der Waals surface area (Å²) in [6, 6.07) is 0. The summed E-state index contributed by atoms with van der Waals surface area (Å²) in [6.07, 6.45) is 46.5. The molecule has 6 heteroatoms. The molecule has 0 amide bonds. The third-order valence-electron chi connectivity index (χ3n) is 11.9. The van der Waals surface area contributed by atoms with E-state index in [-0.39, 0.29) is 31.1 Å². The van der Waals surface area contributed by atoms with Gasteiger partial charge in [-0.15, -0.1) is 0 Å². The Bertz CT molecular complexity index is 859. The van der Waals surface area contributed by atoms with Crippen LogP contribution in [0.15, 0.2) is 0 Å². The monoisotopic (exact) mass is 807 g/mol. The van der Waals surface area contributed by atoms with E-state index in [0.717, 1.165) is 63.7 Å². The summed E-state index contributed by atoms with van der Waals surface area (Å²) in [5.74, 6) is 0.0000134. The van der Waals surface area contributed by atoms with Gasteiger partial charge in [0.2, 0.25) is 0 Å². The molecule has 57 heavy (non-hydrogen) atoms. The predicted molar refractivity (Wildman–Crippen MR) is 243 cm³/mol. The standard InChI is InChI=1S/C51H98O6/c1-5-8-10-12-14-16-18-19-20-21-22-24-25-30-34-38-42-49(52)55-45-48(57-51(54)44-40-36-32-26-23-17-15-13-11-9-6-2)46-56-50(53)43-39-35-31-28-27-29-33-37-41-47(4)7-3/h47-48H,5-46H2,1-4H3/t47?,48-/m1/s1. The second-order valence-corrected chi connectivity index (χ2v) is 17.7. The highest BCUT2D eigenvalue weighted by Gasteiger charge is 2.19. The molecule has 0 heterocycles. The van der Waals surface area contributed by atoms with E-state index in [4.69, 9.17) is 14.2 Å². The Hall–Kier alpha value is -1.59. The van der Waals surface area contributed by atoms with Crippen molar-refractivity contribution in [3.63, 3.8) is 0 Å². The van der Waals surface area contributed by atoms with Crippen LogP contribution in [0.1, 0.15) is 285 Å². The first-order valence-corrected chi connectivity index (χ1v) is 25.4. The van der Waals surface area contributed by atoms with E-state index in [1.807, 2.05) is 0 Å². The fourth-order valence-electron chi connectivity index (χ4n) is 7.66. The predicted octanol–water partition coefficient (Wildman–Crippen LogP) is 16.3. The van der Waals surface area contributed by atoms with Crippen molar-refractivity contribution in [1.82, 2.24) is 0 Å². The van der Waals surface area contributed by atoms with Crippen molar-refractivity contribution in [2.75, 3.05) is 13.2 Å². The van der Waals surface area contributed by atoms with Crippen molar-refractivity contribution in [2.24, 2.45) is 5.92 Å². The fourth-order valence-corrected chi connectivity index (χ4v) is 7.66. The highest BCUT2D eigenvalue weighted by atomic mass is 16.6. The van der Waals surface area contributed by atoms with Crippen LogP contribution in [0.3, 0.4) is 0 Å². The maximum atomic E-state index is 12.7. The lowest BCUT2D eigenvalue weighted by Gasteiger charge is -2.18. The van der Waals surface area contributed by atoms with E-state index < -0.39 is 6.10 Å².